The Kier molecular flexibility index (Phi) is 7.16. The molecule has 2 N–H and O–H groups in total. The molecule has 1 atom stereocenters. The van der Waals surface area contributed by atoms with Crippen molar-refractivity contribution in [3.05, 3.63) is 23.9 Å². The van der Waals surface area contributed by atoms with Crippen molar-refractivity contribution >= 4 is 61.4 Å². The maximum atomic E-state index is 13.7. The summed E-state index contributed by atoms with van der Waals surface area (Å²) in [4.78, 5) is 62.2. The summed E-state index contributed by atoms with van der Waals surface area (Å²) in [6.45, 7) is 6.40. The highest BCUT2D eigenvalue weighted by atomic mass is 32.2. The van der Waals surface area contributed by atoms with Crippen molar-refractivity contribution in [1.29, 1.82) is 0 Å². The molecule has 0 saturated carbocycles. The van der Waals surface area contributed by atoms with E-state index in [-0.39, 0.29) is 35.2 Å². The first-order chi connectivity index (χ1) is 17.7. The number of hydrogen-bond donors (Lipinski definition) is 2. The molecule has 0 bridgehead atoms. The number of rotatable bonds is 4. The van der Waals surface area contributed by atoms with Crippen LogP contribution in [-0.4, -0.2) is 92.8 Å². The van der Waals surface area contributed by atoms with Crippen molar-refractivity contribution in [2.45, 2.75) is 56.4 Å². The van der Waals surface area contributed by atoms with Gasteiger partial charge in [-0.15, -0.1) is 0 Å². The first-order valence-corrected chi connectivity index (χ1v) is 14.3. The number of amides is 5. The van der Waals surface area contributed by atoms with Gasteiger partial charge in [0.25, 0.3) is 11.1 Å². The van der Waals surface area contributed by atoms with Crippen LogP contribution in [0.1, 0.15) is 49.9 Å². The second-order valence-corrected chi connectivity index (χ2v) is 12.4. The van der Waals surface area contributed by atoms with Crippen molar-refractivity contribution in [3.8, 4) is 0 Å². The Bertz CT molecular complexity index is 1240. The lowest BCUT2D eigenvalue weighted by Gasteiger charge is -2.44. The largest absolute Gasteiger partial charge is 0.341 e. The van der Waals surface area contributed by atoms with Gasteiger partial charge in [0.15, 0.2) is 0 Å². The Labute approximate surface area is 224 Å². The summed E-state index contributed by atoms with van der Waals surface area (Å²) < 4.78 is -0.685. The fourth-order valence-corrected chi connectivity index (χ4v) is 8.04. The maximum Gasteiger partial charge on any atom is 0.319 e. The van der Waals surface area contributed by atoms with Crippen LogP contribution in [0.5, 0.6) is 0 Å². The standard InChI is InChI=1S/C25H32N6O4S2/c1-15(2)31-22(33)25(37-24(31)35)9-5-11-30(14-25)16-7-12-29(13-8-16)21(32)18-17-6-4-10-27-19(17)36-20(18)28-23(34)26-3/h4,6,10,15-16H,5,7-9,11-14H2,1-3H3,(H2,26,28,34). The van der Waals surface area contributed by atoms with E-state index in [1.807, 2.05) is 24.8 Å². The van der Waals surface area contributed by atoms with Gasteiger partial charge in [-0.2, -0.15) is 0 Å². The smallest absolute Gasteiger partial charge is 0.319 e. The highest BCUT2D eigenvalue weighted by Crippen LogP contribution is 2.45. The Morgan fingerprint density at radius 2 is 1.95 bits per heavy atom. The fourth-order valence-electron chi connectivity index (χ4n) is 5.62. The number of nitrogens with one attached hydrogen (secondary N) is 2. The normalized spacial score (nSPS) is 23.5. The molecule has 3 fully saturated rings. The van der Waals surface area contributed by atoms with E-state index in [1.165, 1.54) is 35.0 Å². The van der Waals surface area contributed by atoms with Crippen LogP contribution in [0.25, 0.3) is 10.2 Å². The number of imide groups is 1. The second kappa shape index (κ2) is 10.2. The van der Waals surface area contributed by atoms with Gasteiger partial charge in [0.05, 0.1) is 5.56 Å². The summed E-state index contributed by atoms with van der Waals surface area (Å²) in [6.07, 6.45) is 4.86. The van der Waals surface area contributed by atoms with Crippen LogP contribution < -0.4 is 10.6 Å². The summed E-state index contributed by atoms with van der Waals surface area (Å²) in [6, 6.07) is 3.39. The molecule has 10 nitrogen and oxygen atoms in total. The zero-order valence-electron chi connectivity index (χ0n) is 21.3. The number of fused-ring (bicyclic) bond motifs is 1. The van der Waals surface area contributed by atoms with Crippen LogP contribution in [0.3, 0.4) is 0 Å². The number of likely N-dealkylation sites (tertiary alicyclic amines) is 2. The average Bonchev–Trinajstić information content (AvgIpc) is 3.36. The summed E-state index contributed by atoms with van der Waals surface area (Å²) in [5.41, 5.74) is 0.479. The molecule has 37 heavy (non-hydrogen) atoms. The van der Waals surface area contributed by atoms with Gasteiger partial charge in [0, 0.05) is 50.3 Å². The van der Waals surface area contributed by atoms with E-state index in [0.29, 0.717) is 35.0 Å². The van der Waals surface area contributed by atoms with Crippen molar-refractivity contribution in [2.75, 3.05) is 38.5 Å². The number of carbonyl (C=O) groups excluding carboxylic acids is 4. The summed E-state index contributed by atoms with van der Waals surface area (Å²) in [5.74, 6) is -0.164. The molecule has 0 aliphatic carbocycles. The number of piperidine rings is 2. The van der Waals surface area contributed by atoms with Crippen molar-refractivity contribution < 1.29 is 19.2 Å². The van der Waals surface area contributed by atoms with E-state index in [0.717, 1.165) is 37.6 Å². The molecule has 2 aromatic heterocycles. The average molecular weight is 545 g/mol. The lowest BCUT2D eigenvalue weighted by molar-refractivity contribution is -0.132. The Balaban J connectivity index is 1.28. The van der Waals surface area contributed by atoms with E-state index >= 15 is 0 Å². The number of nitrogens with zero attached hydrogens (tertiary/aromatic N) is 4. The molecule has 12 heteroatoms. The number of anilines is 1. The number of aromatic nitrogens is 1. The summed E-state index contributed by atoms with van der Waals surface area (Å²) in [5, 5.41) is 6.41. The van der Waals surface area contributed by atoms with Crippen molar-refractivity contribution in [2.24, 2.45) is 0 Å². The fraction of sp³-hybridized carbons (Fsp3) is 0.560. The number of thioether (sulfide) groups is 1. The zero-order valence-corrected chi connectivity index (χ0v) is 22.9. The van der Waals surface area contributed by atoms with Gasteiger partial charge in [-0.25, -0.2) is 9.78 Å². The number of urea groups is 1. The van der Waals surface area contributed by atoms with Gasteiger partial charge in [0.2, 0.25) is 5.91 Å². The van der Waals surface area contributed by atoms with Gasteiger partial charge in [-0.1, -0.05) is 11.3 Å². The second-order valence-electron chi connectivity index (χ2n) is 10.1. The molecule has 198 valence electrons. The molecule has 0 aromatic carbocycles. The first kappa shape index (κ1) is 25.9. The van der Waals surface area contributed by atoms with Crippen LogP contribution in [0, 0.1) is 0 Å². The van der Waals surface area contributed by atoms with Crippen molar-refractivity contribution in [3.63, 3.8) is 0 Å². The van der Waals surface area contributed by atoms with Gasteiger partial charge >= 0.3 is 6.03 Å². The summed E-state index contributed by atoms with van der Waals surface area (Å²) >= 11 is 2.49. The number of hydrogen-bond acceptors (Lipinski definition) is 8. The van der Waals surface area contributed by atoms with Gasteiger partial charge < -0.3 is 10.2 Å². The number of thiophene rings is 1. The van der Waals surface area contributed by atoms with Crippen LogP contribution in [0.2, 0.25) is 0 Å². The van der Waals surface area contributed by atoms with Crippen LogP contribution in [-0.2, 0) is 4.79 Å². The first-order valence-electron chi connectivity index (χ1n) is 12.7. The molecule has 3 aliphatic rings. The highest BCUT2D eigenvalue weighted by molar-refractivity contribution is 8.16. The molecule has 0 radical (unpaired) electrons. The quantitative estimate of drug-likeness (QED) is 0.605. The van der Waals surface area contributed by atoms with Crippen LogP contribution in [0.15, 0.2) is 18.3 Å². The minimum absolute atomic E-state index is 0.0519. The molecule has 1 spiro atoms. The number of carbonyl (C=O) groups is 4. The zero-order chi connectivity index (χ0) is 26.3. The summed E-state index contributed by atoms with van der Waals surface area (Å²) in [7, 11) is 1.53. The lowest BCUT2D eigenvalue weighted by atomic mass is 9.91. The minimum atomic E-state index is -0.685. The van der Waals surface area contributed by atoms with Crippen molar-refractivity contribution in [1.82, 2.24) is 25.0 Å². The monoisotopic (exact) mass is 544 g/mol. The maximum absolute atomic E-state index is 13.7. The molecule has 5 heterocycles. The molecule has 1 unspecified atom stereocenters. The predicted octanol–water partition coefficient (Wildman–Crippen LogP) is 3.59. The van der Waals surface area contributed by atoms with Gasteiger partial charge in [-0.3, -0.25) is 29.5 Å². The van der Waals surface area contributed by atoms with Gasteiger partial charge in [-0.05, 0) is 70.0 Å². The topological polar surface area (TPSA) is 115 Å². The lowest BCUT2D eigenvalue weighted by Crippen LogP contribution is -2.56. The molecule has 2 aromatic rings. The third kappa shape index (κ3) is 4.70. The molecule has 3 saturated heterocycles. The van der Waals surface area contributed by atoms with Crippen LogP contribution in [0.4, 0.5) is 14.6 Å². The van der Waals surface area contributed by atoms with E-state index in [9.17, 15) is 19.2 Å². The third-order valence-corrected chi connectivity index (χ3v) is 9.79. The van der Waals surface area contributed by atoms with E-state index in [4.69, 9.17) is 0 Å². The molecular formula is C25H32N6O4S2. The molecular weight excluding hydrogens is 512 g/mol. The molecule has 5 rings (SSSR count). The highest BCUT2D eigenvalue weighted by Gasteiger charge is 2.55. The van der Waals surface area contributed by atoms with E-state index < -0.39 is 4.75 Å². The third-order valence-electron chi connectivity index (χ3n) is 7.49. The molecule has 3 aliphatic heterocycles. The van der Waals surface area contributed by atoms with E-state index in [2.05, 4.69) is 20.5 Å². The Hall–Kier alpha value is -2.70. The Morgan fingerprint density at radius 3 is 2.62 bits per heavy atom. The minimum Gasteiger partial charge on any atom is -0.341 e. The molecule has 5 amide bonds. The van der Waals surface area contributed by atoms with Gasteiger partial charge in [0.1, 0.15) is 14.6 Å². The number of pyridine rings is 1. The predicted molar refractivity (Wildman–Crippen MR) is 145 cm³/mol. The van der Waals surface area contributed by atoms with Crippen LogP contribution >= 0.6 is 23.1 Å². The SMILES string of the molecule is CNC(=O)Nc1sc2ncccc2c1C(=O)N1CCC(N2CCCC3(C2)SC(=O)N(C(C)C)C3=O)CC1. The Morgan fingerprint density at radius 1 is 1.19 bits per heavy atom. The van der Waals surface area contributed by atoms with E-state index in [1.54, 1.807) is 12.3 Å².